The largest absolute Gasteiger partial charge is 0.493 e. The van der Waals surface area contributed by atoms with Gasteiger partial charge in [-0.2, -0.15) is 10.2 Å². The molecule has 3 heterocycles. The van der Waals surface area contributed by atoms with E-state index < -0.39 is 0 Å². The fraction of sp³-hybridized carbons (Fsp3) is 0.304. The van der Waals surface area contributed by atoms with Crippen molar-refractivity contribution in [2.24, 2.45) is 0 Å². The molecule has 7 nitrogen and oxygen atoms in total. The van der Waals surface area contributed by atoms with Crippen molar-refractivity contribution in [1.82, 2.24) is 24.8 Å². The molecule has 0 saturated heterocycles. The molecule has 4 rings (SSSR count). The summed E-state index contributed by atoms with van der Waals surface area (Å²) in [5, 5.41) is 11.2. The molecule has 1 N–H and O–H groups in total. The van der Waals surface area contributed by atoms with Gasteiger partial charge in [0.15, 0.2) is 11.4 Å². The van der Waals surface area contributed by atoms with Crippen molar-refractivity contribution in [1.29, 1.82) is 0 Å². The van der Waals surface area contributed by atoms with Crippen LogP contribution in [0.4, 0.5) is 0 Å². The van der Waals surface area contributed by atoms with Gasteiger partial charge in [-0.05, 0) is 50.5 Å². The summed E-state index contributed by atoms with van der Waals surface area (Å²) in [6.45, 7) is 6.39. The third-order valence-electron chi connectivity index (χ3n) is 4.63. The molecule has 1 aromatic carbocycles. The number of hydrogen-bond donors (Lipinski definition) is 1. The Bertz CT molecular complexity index is 1100. The van der Waals surface area contributed by atoms with E-state index in [1.54, 1.807) is 23.0 Å². The second-order valence-electron chi connectivity index (χ2n) is 6.81. The van der Waals surface area contributed by atoms with E-state index in [1.165, 1.54) is 31.5 Å². The molecule has 0 bridgehead atoms. The highest BCUT2D eigenvalue weighted by Crippen LogP contribution is 2.31. The number of nitrogens with one attached hydrogen (secondary N) is 1. The van der Waals surface area contributed by atoms with Crippen LogP contribution in [0.1, 0.15) is 49.5 Å². The third kappa shape index (κ3) is 4.92. The summed E-state index contributed by atoms with van der Waals surface area (Å²) in [6.07, 6.45) is 10.3. The number of ether oxygens (including phenoxy) is 1. The quantitative estimate of drug-likeness (QED) is 0.449. The zero-order valence-corrected chi connectivity index (χ0v) is 17.6. The van der Waals surface area contributed by atoms with Crippen LogP contribution in [0.2, 0.25) is 0 Å². The van der Waals surface area contributed by atoms with Crippen molar-refractivity contribution in [2.45, 2.75) is 40.0 Å². The van der Waals surface area contributed by atoms with Gasteiger partial charge in [0, 0.05) is 18.0 Å². The summed E-state index contributed by atoms with van der Waals surface area (Å²) >= 11 is 0. The number of fused-ring (bicyclic) bond motifs is 1. The molecule has 3 aromatic heterocycles. The molecule has 30 heavy (non-hydrogen) atoms. The van der Waals surface area contributed by atoms with E-state index in [1.807, 2.05) is 31.3 Å². The summed E-state index contributed by atoms with van der Waals surface area (Å²) in [5.41, 5.74) is 4.64. The van der Waals surface area contributed by atoms with Crippen molar-refractivity contribution >= 4 is 11.4 Å². The second-order valence-corrected chi connectivity index (χ2v) is 6.81. The molecule has 7 heteroatoms. The number of aromatic nitrogens is 5. The topological polar surface area (TPSA) is 85.2 Å². The Balaban J connectivity index is 0.000000184. The van der Waals surface area contributed by atoms with E-state index >= 15 is 0 Å². The summed E-state index contributed by atoms with van der Waals surface area (Å²) in [4.78, 5) is 15.1. The first kappa shape index (κ1) is 21.2. The Kier molecular flexibility index (Phi) is 7.32. The first-order chi connectivity index (χ1) is 14.7. The van der Waals surface area contributed by atoms with Crippen LogP contribution in [0.25, 0.3) is 16.9 Å². The third-order valence-corrected chi connectivity index (χ3v) is 4.63. The number of H-pyrrole nitrogens is 1. The highest BCUT2D eigenvalue weighted by atomic mass is 16.5. The van der Waals surface area contributed by atoms with Gasteiger partial charge in [-0.15, -0.1) is 0 Å². The highest BCUT2D eigenvalue weighted by molar-refractivity contribution is 5.99. The first-order valence-corrected chi connectivity index (χ1v) is 10.2. The van der Waals surface area contributed by atoms with Gasteiger partial charge in [-0.1, -0.05) is 25.5 Å². The minimum atomic E-state index is -0.0105. The first-order valence-electron chi connectivity index (χ1n) is 10.2. The predicted octanol–water partition coefficient (Wildman–Crippen LogP) is 4.75. The molecule has 0 unspecified atom stereocenters. The zero-order chi connectivity index (χ0) is 21.3. The number of aromatic amines is 1. The van der Waals surface area contributed by atoms with Gasteiger partial charge in [0.2, 0.25) is 0 Å². The molecule has 4 aromatic rings. The number of para-hydroxylation sites is 1. The summed E-state index contributed by atoms with van der Waals surface area (Å²) < 4.78 is 7.25. The van der Waals surface area contributed by atoms with E-state index in [9.17, 15) is 4.79 Å². The van der Waals surface area contributed by atoms with Crippen LogP contribution in [0, 0.1) is 0 Å². The lowest BCUT2D eigenvalue weighted by molar-refractivity contribution is 0.101. The number of carbonyl (C=O) groups excluding carboxylic acids is 1. The monoisotopic (exact) mass is 405 g/mol. The van der Waals surface area contributed by atoms with Gasteiger partial charge in [0.1, 0.15) is 5.75 Å². The molecular formula is C23H27N5O2. The van der Waals surface area contributed by atoms with E-state index in [-0.39, 0.29) is 5.78 Å². The lowest BCUT2D eigenvalue weighted by Gasteiger charge is -2.10. The number of Topliss-reactive ketones (excluding diaryl/α,β-unsaturated/α-hetero) is 1. The maximum atomic E-state index is 11.0. The van der Waals surface area contributed by atoms with Gasteiger partial charge in [-0.25, -0.2) is 9.50 Å². The Morgan fingerprint density at radius 1 is 1.17 bits per heavy atom. The Morgan fingerprint density at radius 2 is 2.00 bits per heavy atom. The van der Waals surface area contributed by atoms with Crippen LogP contribution in [0.5, 0.6) is 5.75 Å². The Morgan fingerprint density at radius 3 is 2.77 bits per heavy atom. The number of carbonyl (C=O) groups is 1. The minimum Gasteiger partial charge on any atom is -0.493 e. The van der Waals surface area contributed by atoms with Crippen molar-refractivity contribution < 1.29 is 9.53 Å². The number of aryl methyl sites for hydroxylation is 1. The van der Waals surface area contributed by atoms with Crippen LogP contribution in [0.3, 0.4) is 0 Å². The van der Waals surface area contributed by atoms with Crippen LogP contribution < -0.4 is 4.74 Å². The van der Waals surface area contributed by atoms with Crippen LogP contribution in [-0.4, -0.2) is 37.2 Å². The Labute approximate surface area is 176 Å². The molecule has 0 aliphatic carbocycles. The molecule has 0 atom stereocenters. The molecule has 0 aliphatic rings. The van der Waals surface area contributed by atoms with Gasteiger partial charge in [0.25, 0.3) is 0 Å². The maximum Gasteiger partial charge on any atom is 0.165 e. The predicted molar refractivity (Wildman–Crippen MR) is 117 cm³/mol. The number of unbranched alkanes of at least 4 members (excludes halogenated alkanes) is 1. The number of hydrogen-bond acceptors (Lipinski definition) is 5. The van der Waals surface area contributed by atoms with E-state index in [4.69, 9.17) is 4.74 Å². The summed E-state index contributed by atoms with van der Waals surface area (Å²) in [7, 11) is 0. The lowest BCUT2D eigenvalue weighted by Crippen LogP contribution is -1.95. The van der Waals surface area contributed by atoms with Gasteiger partial charge < -0.3 is 4.74 Å². The van der Waals surface area contributed by atoms with Gasteiger partial charge in [0.05, 0.1) is 30.3 Å². The molecule has 156 valence electrons. The van der Waals surface area contributed by atoms with Crippen LogP contribution in [-0.2, 0) is 6.42 Å². The molecule has 0 fully saturated rings. The highest BCUT2D eigenvalue weighted by Gasteiger charge is 2.12. The van der Waals surface area contributed by atoms with E-state index in [0.717, 1.165) is 23.4 Å². The summed E-state index contributed by atoms with van der Waals surface area (Å²) in [6, 6.07) is 9.88. The van der Waals surface area contributed by atoms with Crippen molar-refractivity contribution in [2.75, 3.05) is 6.61 Å². The molecule has 0 saturated carbocycles. The van der Waals surface area contributed by atoms with Gasteiger partial charge in [-0.3, -0.25) is 9.89 Å². The summed E-state index contributed by atoms with van der Waals surface area (Å²) in [5.74, 6) is 0.908. The average molecular weight is 406 g/mol. The van der Waals surface area contributed by atoms with Crippen LogP contribution in [0.15, 0.2) is 55.1 Å². The SMILES string of the molecule is CC(=O)c1cnn2cccnc12.CCCCc1cn[nH]c1-c1ccccc1OCC. The van der Waals surface area contributed by atoms with Crippen molar-refractivity contribution in [3.8, 4) is 17.0 Å². The molecule has 0 aliphatic heterocycles. The number of benzene rings is 1. The van der Waals surface area contributed by atoms with Gasteiger partial charge >= 0.3 is 0 Å². The lowest BCUT2D eigenvalue weighted by atomic mass is 10.0. The van der Waals surface area contributed by atoms with Crippen molar-refractivity contribution in [3.05, 3.63) is 66.2 Å². The van der Waals surface area contributed by atoms with Crippen LogP contribution >= 0.6 is 0 Å². The van der Waals surface area contributed by atoms with E-state index in [0.29, 0.717) is 17.8 Å². The fourth-order valence-electron chi connectivity index (χ4n) is 3.13. The van der Waals surface area contributed by atoms with E-state index in [2.05, 4.69) is 33.3 Å². The zero-order valence-electron chi connectivity index (χ0n) is 17.6. The number of ketones is 1. The standard InChI is InChI=1S/C15H20N2O.C8H7N3O/c1-3-5-8-12-11-16-17-15(12)13-9-6-7-10-14(13)18-4-2;1-6(12)7-5-10-11-4-2-3-9-8(7)11/h6-7,9-11H,3-5,8H2,1-2H3,(H,16,17);2-5H,1H3. The second kappa shape index (κ2) is 10.3. The molecule has 0 radical (unpaired) electrons. The average Bonchev–Trinajstić information content (AvgIpc) is 3.40. The fourth-order valence-corrected chi connectivity index (χ4v) is 3.13. The number of nitrogens with zero attached hydrogens (tertiary/aromatic N) is 4. The normalized spacial score (nSPS) is 10.5. The Hall–Kier alpha value is -3.48. The molecule has 0 amide bonds. The molecule has 0 spiro atoms. The molecular weight excluding hydrogens is 378 g/mol. The minimum absolute atomic E-state index is 0.0105. The van der Waals surface area contributed by atoms with Crippen molar-refractivity contribution in [3.63, 3.8) is 0 Å². The maximum absolute atomic E-state index is 11.0. The smallest absolute Gasteiger partial charge is 0.165 e. The number of rotatable bonds is 7.